The first-order valence-electron chi connectivity index (χ1n) is 6.96. The van der Waals surface area contributed by atoms with Gasteiger partial charge in [0.15, 0.2) is 0 Å². The summed E-state index contributed by atoms with van der Waals surface area (Å²) in [7, 11) is -2.30. The van der Waals surface area contributed by atoms with Crippen molar-refractivity contribution in [3.05, 3.63) is 0 Å². The maximum Gasteiger partial charge on any atom is 0.407 e. The van der Waals surface area contributed by atoms with Crippen LogP contribution in [0.5, 0.6) is 0 Å². The third-order valence-electron chi connectivity index (χ3n) is 2.43. The number of esters is 1. The number of carbonyl (C=O) groups is 2. The van der Waals surface area contributed by atoms with E-state index in [-0.39, 0.29) is 6.42 Å². The average Bonchev–Trinajstić information content (AvgIpc) is 2.32. The van der Waals surface area contributed by atoms with Crippen LogP contribution in [0.15, 0.2) is 0 Å². The first-order chi connectivity index (χ1) is 9.94. The van der Waals surface area contributed by atoms with Gasteiger partial charge >= 0.3 is 12.1 Å². The lowest BCUT2D eigenvalue weighted by Crippen LogP contribution is -2.41. The van der Waals surface area contributed by atoms with E-state index in [1.54, 1.807) is 20.8 Å². The van der Waals surface area contributed by atoms with Crippen molar-refractivity contribution in [2.75, 3.05) is 19.9 Å². The molecular weight excluding hydrogens is 312 g/mol. The average molecular weight is 338 g/mol. The number of hydrogen-bond acceptors (Lipinski definition) is 6. The van der Waals surface area contributed by atoms with E-state index in [0.717, 1.165) is 6.26 Å². The predicted octanol–water partition coefficient (Wildman–Crippen LogP) is 0.772. The molecule has 0 aromatic rings. The van der Waals surface area contributed by atoms with E-state index in [9.17, 15) is 18.0 Å². The summed E-state index contributed by atoms with van der Waals surface area (Å²) >= 11 is 0. The zero-order chi connectivity index (χ0) is 17.4. The normalized spacial score (nSPS) is 13.3. The standard InChI is InChI=1S/C13H26N2O6S/c1-13(2,3)21-12(17)14-9-7-6-8-10(11(16)20-4)15-22(5,18)19/h10,15H,6-9H2,1-5H3,(H,14,17)/t10-/m0/s1. The highest BCUT2D eigenvalue weighted by atomic mass is 32.2. The van der Waals surface area contributed by atoms with Gasteiger partial charge in [0.25, 0.3) is 0 Å². The number of amides is 1. The van der Waals surface area contributed by atoms with Gasteiger partial charge in [-0.1, -0.05) is 0 Å². The van der Waals surface area contributed by atoms with E-state index in [0.29, 0.717) is 19.4 Å². The highest BCUT2D eigenvalue weighted by Gasteiger charge is 2.22. The predicted molar refractivity (Wildman–Crippen MR) is 81.9 cm³/mol. The fourth-order valence-corrected chi connectivity index (χ4v) is 2.33. The fraction of sp³-hybridized carbons (Fsp3) is 0.846. The van der Waals surface area contributed by atoms with Crippen LogP contribution >= 0.6 is 0 Å². The Balaban J connectivity index is 4.09. The van der Waals surface area contributed by atoms with Crippen LogP contribution in [0.3, 0.4) is 0 Å². The number of nitrogens with one attached hydrogen (secondary N) is 2. The molecule has 0 aromatic carbocycles. The monoisotopic (exact) mass is 338 g/mol. The maximum absolute atomic E-state index is 11.5. The molecule has 8 nitrogen and oxygen atoms in total. The van der Waals surface area contributed by atoms with E-state index in [2.05, 4.69) is 14.8 Å². The molecule has 0 spiro atoms. The van der Waals surface area contributed by atoms with Crippen LogP contribution in [0.25, 0.3) is 0 Å². The Morgan fingerprint density at radius 1 is 1.18 bits per heavy atom. The van der Waals surface area contributed by atoms with Crippen LogP contribution in [0.1, 0.15) is 40.0 Å². The summed E-state index contributed by atoms with van der Waals surface area (Å²) in [5.74, 6) is -0.634. The number of methoxy groups -OCH3 is 1. The van der Waals surface area contributed by atoms with Crippen molar-refractivity contribution in [2.24, 2.45) is 0 Å². The summed E-state index contributed by atoms with van der Waals surface area (Å²) in [5, 5.41) is 2.59. The summed E-state index contributed by atoms with van der Waals surface area (Å²) < 4.78 is 34.2. The molecule has 22 heavy (non-hydrogen) atoms. The molecule has 2 N–H and O–H groups in total. The lowest BCUT2D eigenvalue weighted by atomic mass is 10.1. The molecule has 9 heteroatoms. The van der Waals surface area contributed by atoms with Gasteiger partial charge < -0.3 is 14.8 Å². The lowest BCUT2D eigenvalue weighted by Gasteiger charge is -2.19. The number of alkyl carbamates (subject to hydrolysis) is 1. The third-order valence-corrected chi connectivity index (χ3v) is 3.14. The zero-order valence-corrected chi connectivity index (χ0v) is 14.6. The minimum absolute atomic E-state index is 0.287. The second-order valence-corrected chi connectivity index (χ2v) is 7.67. The molecule has 0 aliphatic carbocycles. The largest absolute Gasteiger partial charge is 0.468 e. The van der Waals surface area contributed by atoms with Crippen molar-refractivity contribution in [2.45, 2.75) is 51.7 Å². The smallest absolute Gasteiger partial charge is 0.407 e. The Morgan fingerprint density at radius 3 is 2.23 bits per heavy atom. The molecule has 0 bridgehead atoms. The molecule has 0 saturated heterocycles. The van der Waals surface area contributed by atoms with Crippen molar-refractivity contribution < 1.29 is 27.5 Å². The Morgan fingerprint density at radius 2 is 1.77 bits per heavy atom. The van der Waals surface area contributed by atoms with E-state index in [1.807, 2.05) is 0 Å². The van der Waals surface area contributed by atoms with Crippen LogP contribution in [-0.4, -0.2) is 52.0 Å². The van der Waals surface area contributed by atoms with Crippen molar-refractivity contribution in [3.8, 4) is 0 Å². The zero-order valence-electron chi connectivity index (χ0n) is 13.8. The number of unbranched alkanes of at least 4 members (excludes halogenated alkanes) is 1. The molecule has 1 amide bonds. The molecule has 0 fully saturated rings. The first-order valence-corrected chi connectivity index (χ1v) is 8.86. The Labute approximate surface area is 132 Å². The van der Waals surface area contributed by atoms with Gasteiger partial charge in [-0.05, 0) is 40.0 Å². The van der Waals surface area contributed by atoms with Gasteiger partial charge in [-0.25, -0.2) is 17.9 Å². The SMILES string of the molecule is COC(=O)[C@H](CCCCNC(=O)OC(C)(C)C)NS(C)(=O)=O. The van der Waals surface area contributed by atoms with Crippen molar-refractivity contribution in [1.82, 2.24) is 10.0 Å². The van der Waals surface area contributed by atoms with Crippen molar-refractivity contribution in [3.63, 3.8) is 0 Å². The summed E-state index contributed by atoms with van der Waals surface area (Å²) in [5.41, 5.74) is -0.556. The van der Waals surface area contributed by atoms with E-state index < -0.39 is 33.7 Å². The minimum atomic E-state index is -3.50. The number of hydrogen-bond donors (Lipinski definition) is 2. The topological polar surface area (TPSA) is 111 Å². The maximum atomic E-state index is 11.5. The summed E-state index contributed by atoms with van der Waals surface area (Å²) in [4.78, 5) is 22.9. The van der Waals surface area contributed by atoms with Crippen molar-refractivity contribution >= 4 is 22.1 Å². The van der Waals surface area contributed by atoms with Gasteiger partial charge in [0, 0.05) is 6.54 Å². The number of ether oxygens (including phenoxy) is 2. The number of rotatable bonds is 8. The summed E-state index contributed by atoms with van der Waals surface area (Å²) in [6.07, 6.45) is 1.88. The summed E-state index contributed by atoms with van der Waals surface area (Å²) in [6, 6.07) is -0.915. The van der Waals surface area contributed by atoms with Crippen LogP contribution in [0.4, 0.5) is 4.79 Å². The van der Waals surface area contributed by atoms with E-state index in [4.69, 9.17) is 4.74 Å². The van der Waals surface area contributed by atoms with Gasteiger partial charge in [0.1, 0.15) is 11.6 Å². The highest BCUT2D eigenvalue weighted by Crippen LogP contribution is 2.07. The van der Waals surface area contributed by atoms with Crippen LogP contribution in [0, 0.1) is 0 Å². The minimum Gasteiger partial charge on any atom is -0.468 e. The Hall–Kier alpha value is -1.35. The van der Waals surface area contributed by atoms with E-state index >= 15 is 0 Å². The van der Waals surface area contributed by atoms with Crippen LogP contribution in [-0.2, 0) is 24.3 Å². The summed E-state index contributed by atoms with van der Waals surface area (Å²) in [6.45, 7) is 5.68. The second-order valence-electron chi connectivity index (χ2n) is 5.89. The fourth-order valence-electron chi connectivity index (χ4n) is 1.60. The Bertz CT molecular complexity index is 469. The number of sulfonamides is 1. The Kier molecular flexibility index (Phi) is 8.39. The van der Waals surface area contributed by atoms with Crippen molar-refractivity contribution in [1.29, 1.82) is 0 Å². The van der Waals surface area contributed by atoms with Crippen LogP contribution in [0.2, 0.25) is 0 Å². The molecule has 0 radical (unpaired) electrons. The second kappa shape index (κ2) is 8.94. The number of carbonyl (C=O) groups excluding carboxylic acids is 2. The van der Waals surface area contributed by atoms with E-state index in [1.165, 1.54) is 7.11 Å². The lowest BCUT2D eigenvalue weighted by molar-refractivity contribution is -0.142. The molecule has 0 rings (SSSR count). The quantitative estimate of drug-likeness (QED) is 0.499. The molecule has 0 saturated carbocycles. The van der Waals surface area contributed by atoms with Gasteiger partial charge in [-0.3, -0.25) is 4.79 Å². The molecule has 0 heterocycles. The molecule has 1 atom stereocenters. The molecular formula is C13H26N2O6S. The van der Waals surface area contributed by atoms with Gasteiger partial charge in [-0.2, -0.15) is 0 Å². The van der Waals surface area contributed by atoms with Gasteiger partial charge in [0.2, 0.25) is 10.0 Å². The molecule has 0 aromatic heterocycles. The first kappa shape index (κ1) is 20.6. The molecule has 0 aliphatic heterocycles. The molecule has 0 aliphatic rings. The van der Waals surface area contributed by atoms with Gasteiger partial charge in [-0.15, -0.1) is 0 Å². The highest BCUT2D eigenvalue weighted by molar-refractivity contribution is 7.88. The molecule has 0 unspecified atom stereocenters. The third kappa shape index (κ3) is 11.3. The van der Waals surface area contributed by atoms with Crippen LogP contribution < -0.4 is 10.0 Å². The molecule has 130 valence electrons. The van der Waals surface area contributed by atoms with Gasteiger partial charge in [0.05, 0.1) is 13.4 Å².